The van der Waals surface area contributed by atoms with Gasteiger partial charge < -0.3 is 5.32 Å². The molecule has 0 aliphatic carbocycles. The summed E-state index contributed by atoms with van der Waals surface area (Å²) in [6.07, 6.45) is 0. The van der Waals surface area contributed by atoms with Gasteiger partial charge in [-0.1, -0.05) is 50.8 Å². The number of carbonyl (C=O) groups excluding carboxylic acids is 1. The van der Waals surface area contributed by atoms with Gasteiger partial charge in [0.2, 0.25) is 0 Å². The van der Waals surface area contributed by atoms with Gasteiger partial charge in [-0.05, 0) is 64.4 Å². The molecule has 1 atom stereocenters. The van der Waals surface area contributed by atoms with Gasteiger partial charge in [-0.3, -0.25) is 4.79 Å². The molecule has 3 heteroatoms. The number of halogens is 1. The Kier molecular flexibility index (Phi) is 5.84. The summed E-state index contributed by atoms with van der Waals surface area (Å²) in [7, 11) is 0. The number of rotatable bonds is 2. The van der Waals surface area contributed by atoms with Crippen LogP contribution in [0, 0.1) is 20.8 Å². The Bertz CT molecular complexity index is 718. The third kappa shape index (κ3) is 5.40. The van der Waals surface area contributed by atoms with E-state index in [4.69, 9.17) is 0 Å². The summed E-state index contributed by atoms with van der Waals surface area (Å²) in [5.41, 5.74) is 1.45. The molecule has 2 rings (SSSR count). The lowest BCUT2D eigenvalue weighted by molar-refractivity contribution is 0.0922. The van der Waals surface area contributed by atoms with Crippen LogP contribution in [0.1, 0.15) is 36.7 Å². The van der Waals surface area contributed by atoms with Gasteiger partial charge >= 0.3 is 0 Å². The summed E-state index contributed by atoms with van der Waals surface area (Å²) >= 11 is 2.22. The van der Waals surface area contributed by atoms with Crippen molar-refractivity contribution in [3.63, 3.8) is 0 Å². The predicted octanol–water partition coefficient (Wildman–Crippen LogP) is 4.49. The van der Waals surface area contributed by atoms with Crippen LogP contribution in [0.4, 0.5) is 0 Å². The Hall–Kier alpha value is -1.80. The maximum absolute atomic E-state index is 12.4. The molecular weight excluding hydrogens is 397 g/mol. The lowest BCUT2D eigenvalue weighted by Crippen LogP contribution is -2.42. The van der Waals surface area contributed by atoms with Crippen LogP contribution in [0.2, 0.25) is 0 Å². The molecular formula is C20H20INO. The first-order valence-corrected chi connectivity index (χ1v) is 8.57. The van der Waals surface area contributed by atoms with Crippen LogP contribution in [-0.4, -0.2) is 11.9 Å². The maximum Gasteiger partial charge on any atom is 0.252 e. The van der Waals surface area contributed by atoms with Crippen molar-refractivity contribution in [2.45, 2.75) is 26.8 Å². The zero-order valence-corrected chi connectivity index (χ0v) is 15.7. The van der Waals surface area contributed by atoms with Crippen molar-refractivity contribution in [2.24, 2.45) is 5.41 Å². The van der Waals surface area contributed by atoms with Gasteiger partial charge in [0.1, 0.15) is 0 Å². The Morgan fingerprint density at radius 2 is 1.65 bits per heavy atom. The molecule has 1 amide bonds. The molecule has 0 saturated carbocycles. The highest BCUT2D eigenvalue weighted by Gasteiger charge is 2.25. The van der Waals surface area contributed by atoms with Crippen LogP contribution >= 0.6 is 22.6 Å². The lowest BCUT2D eigenvalue weighted by atomic mass is 9.86. The fourth-order valence-corrected chi connectivity index (χ4v) is 2.32. The molecule has 2 aromatic rings. The fraction of sp³-hybridized carbons (Fsp3) is 0.250. The van der Waals surface area contributed by atoms with Gasteiger partial charge in [-0.2, -0.15) is 0 Å². The SMILES string of the molecule is CC(C)(C)C(C#Cc1ccccc1)NC(=O)c1ccc(I)cc1. The fourth-order valence-electron chi connectivity index (χ4n) is 1.96. The van der Waals surface area contributed by atoms with Gasteiger partial charge in [-0.15, -0.1) is 0 Å². The van der Waals surface area contributed by atoms with Crippen LogP contribution < -0.4 is 5.32 Å². The summed E-state index contributed by atoms with van der Waals surface area (Å²) in [6, 6.07) is 17.1. The first-order valence-electron chi connectivity index (χ1n) is 7.49. The minimum atomic E-state index is -0.227. The van der Waals surface area contributed by atoms with Crippen molar-refractivity contribution >= 4 is 28.5 Å². The second-order valence-corrected chi connectivity index (χ2v) is 7.66. The van der Waals surface area contributed by atoms with E-state index >= 15 is 0 Å². The van der Waals surface area contributed by atoms with Crippen molar-refractivity contribution < 1.29 is 4.79 Å². The van der Waals surface area contributed by atoms with E-state index in [2.05, 4.69) is 60.5 Å². The Morgan fingerprint density at radius 3 is 2.22 bits per heavy atom. The lowest BCUT2D eigenvalue weighted by Gasteiger charge is -2.27. The third-order valence-corrected chi connectivity index (χ3v) is 4.10. The van der Waals surface area contributed by atoms with Crippen molar-refractivity contribution in [3.05, 3.63) is 69.3 Å². The molecule has 0 bridgehead atoms. The topological polar surface area (TPSA) is 29.1 Å². The third-order valence-electron chi connectivity index (χ3n) is 3.38. The van der Waals surface area contributed by atoms with Gasteiger partial charge in [0.15, 0.2) is 0 Å². The summed E-state index contributed by atoms with van der Waals surface area (Å²) in [5.74, 6) is 6.26. The van der Waals surface area contributed by atoms with Crippen LogP contribution in [0.25, 0.3) is 0 Å². The zero-order chi connectivity index (χ0) is 16.9. The summed E-state index contributed by atoms with van der Waals surface area (Å²) in [4.78, 5) is 12.4. The van der Waals surface area contributed by atoms with Crippen LogP contribution in [-0.2, 0) is 0 Å². The Balaban J connectivity index is 2.18. The number of benzene rings is 2. The quantitative estimate of drug-likeness (QED) is 0.567. The molecule has 0 aromatic heterocycles. The van der Waals surface area contributed by atoms with Crippen LogP contribution in [0.3, 0.4) is 0 Å². The second kappa shape index (κ2) is 7.65. The van der Waals surface area contributed by atoms with E-state index in [1.807, 2.05) is 54.6 Å². The van der Waals surface area contributed by atoms with E-state index in [0.29, 0.717) is 5.56 Å². The Labute approximate surface area is 151 Å². The largest absolute Gasteiger partial charge is 0.338 e. The zero-order valence-electron chi connectivity index (χ0n) is 13.6. The molecule has 0 radical (unpaired) electrons. The Morgan fingerprint density at radius 1 is 1.04 bits per heavy atom. The van der Waals surface area contributed by atoms with Crippen molar-refractivity contribution in [3.8, 4) is 11.8 Å². The molecule has 0 saturated heterocycles. The molecule has 1 N–H and O–H groups in total. The number of hydrogen-bond donors (Lipinski definition) is 1. The van der Waals surface area contributed by atoms with E-state index in [0.717, 1.165) is 9.13 Å². The number of nitrogens with one attached hydrogen (secondary N) is 1. The standard InChI is InChI=1S/C20H20INO/c1-20(2,3)18(14-9-15-7-5-4-6-8-15)22-19(23)16-10-12-17(21)13-11-16/h4-8,10-13,18H,1-3H3,(H,22,23). The molecule has 2 nitrogen and oxygen atoms in total. The monoisotopic (exact) mass is 417 g/mol. The second-order valence-electron chi connectivity index (χ2n) is 6.41. The minimum Gasteiger partial charge on any atom is -0.338 e. The molecule has 0 spiro atoms. The van der Waals surface area contributed by atoms with E-state index in [1.165, 1.54) is 0 Å². The van der Waals surface area contributed by atoms with Crippen molar-refractivity contribution in [1.29, 1.82) is 0 Å². The first kappa shape index (κ1) is 17.6. The van der Waals surface area contributed by atoms with E-state index in [9.17, 15) is 4.79 Å². The van der Waals surface area contributed by atoms with E-state index < -0.39 is 0 Å². The van der Waals surface area contributed by atoms with Crippen molar-refractivity contribution in [1.82, 2.24) is 5.32 Å². The smallest absolute Gasteiger partial charge is 0.252 e. The summed E-state index contributed by atoms with van der Waals surface area (Å²) in [6.45, 7) is 6.22. The highest BCUT2D eigenvalue weighted by atomic mass is 127. The van der Waals surface area contributed by atoms with Gasteiger partial charge in [0.25, 0.3) is 5.91 Å². The minimum absolute atomic E-state index is 0.0938. The van der Waals surface area contributed by atoms with Crippen LogP contribution in [0.5, 0.6) is 0 Å². The van der Waals surface area contributed by atoms with Gasteiger partial charge in [0, 0.05) is 14.7 Å². The summed E-state index contributed by atoms with van der Waals surface area (Å²) < 4.78 is 1.11. The molecule has 0 fully saturated rings. The average molecular weight is 417 g/mol. The molecule has 0 aliphatic rings. The summed E-state index contributed by atoms with van der Waals surface area (Å²) in [5, 5.41) is 3.05. The molecule has 0 aliphatic heterocycles. The first-order chi connectivity index (χ1) is 10.9. The predicted molar refractivity (Wildman–Crippen MR) is 103 cm³/mol. The highest BCUT2D eigenvalue weighted by molar-refractivity contribution is 14.1. The van der Waals surface area contributed by atoms with Gasteiger partial charge in [-0.25, -0.2) is 0 Å². The van der Waals surface area contributed by atoms with Gasteiger partial charge in [0.05, 0.1) is 6.04 Å². The van der Waals surface area contributed by atoms with Crippen molar-refractivity contribution in [2.75, 3.05) is 0 Å². The van der Waals surface area contributed by atoms with Crippen LogP contribution in [0.15, 0.2) is 54.6 Å². The molecule has 0 heterocycles. The number of hydrogen-bond acceptors (Lipinski definition) is 1. The maximum atomic E-state index is 12.4. The number of carbonyl (C=O) groups is 1. The normalized spacial score (nSPS) is 12.0. The molecule has 2 aromatic carbocycles. The highest BCUT2D eigenvalue weighted by Crippen LogP contribution is 2.19. The number of amides is 1. The molecule has 118 valence electrons. The average Bonchev–Trinajstić information content (AvgIpc) is 2.51. The van der Waals surface area contributed by atoms with E-state index in [1.54, 1.807) is 0 Å². The molecule has 1 unspecified atom stereocenters. The molecule has 23 heavy (non-hydrogen) atoms. The van der Waals surface area contributed by atoms with E-state index in [-0.39, 0.29) is 17.4 Å².